The highest BCUT2D eigenvalue weighted by Gasteiger charge is 2.09. The summed E-state index contributed by atoms with van der Waals surface area (Å²) in [4.78, 5) is 33.8. The minimum atomic E-state index is -0.526. The summed E-state index contributed by atoms with van der Waals surface area (Å²) in [6.07, 6.45) is 1.11. The van der Waals surface area contributed by atoms with Crippen molar-refractivity contribution in [1.82, 2.24) is 5.43 Å². The van der Waals surface area contributed by atoms with E-state index in [1.165, 1.54) is 30.5 Å². The second-order valence-electron chi connectivity index (χ2n) is 5.32. The number of hydrazone groups is 1. The molecule has 10 heteroatoms. The third-order valence-electron chi connectivity index (χ3n) is 3.27. The van der Waals surface area contributed by atoms with Crippen molar-refractivity contribution in [2.45, 2.75) is 12.8 Å². The molecule has 140 valence electrons. The van der Waals surface area contributed by atoms with Gasteiger partial charge >= 0.3 is 0 Å². The predicted octanol–water partition coefficient (Wildman–Crippen LogP) is 3.77. The van der Waals surface area contributed by atoms with Crippen LogP contribution in [-0.4, -0.2) is 23.0 Å². The Balaban J connectivity index is 1.79. The number of nitrogens with zero attached hydrogens (tertiary/aromatic N) is 2. The average Bonchev–Trinajstić information content (AvgIpc) is 2.62. The zero-order valence-electron chi connectivity index (χ0n) is 13.8. The lowest BCUT2D eigenvalue weighted by atomic mass is 10.2. The van der Waals surface area contributed by atoms with Crippen molar-refractivity contribution >= 4 is 52.6 Å². The van der Waals surface area contributed by atoms with Crippen molar-refractivity contribution < 1.29 is 14.5 Å². The van der Waals surface area contributed by atoms with E-state index in [0.29, 0.717) is 21.3 Å². The van der Waals surface area contributed by atoms with E-state index in [1.807, 2.05) is 0 Å². The summed E-state index contributed by atoms with van der Waals surface area (Å²) in [6.45, 7) is 0. The van der Waals surface area contributed by atoms with Crippen molar-refractivity contribution in [1.29, 1.82) is 0 Å². The van der Waals surface area contributed by atoms with Crippen LogP contribution in [0, 0.1) is 10.1 Å². The first-order valence-electron chi connectivity index (χ1n) is 7.66. The maximum Gasteiger partial charge on any atom is 0.270 e. The zero-order chi connectivity index (χ0) is 19.8. The van der Waals surface area contributed by atoms with Crippen LogP contribution in [-0.2, 0) is 9.59 Å². The van der Waals surface area contributed by atoms with E-state index < -0.39 is 16.7 Å². The van der Waals surface area contributed by atoms with Crippen LogP contribution in [0.2, 0.25) is 10.0 Å². The zero-order valence-corrected chi connectivity index (χ0v) is 15.3. The Morgan fingerprint density at radius 3 is 2.56 bits per heavy atom. The Kier molecular flexibility index (Phi) is 7.27. The van der Waals surface area contributed by atoms with Gasteiger partial charge in [-0.3, -0.25) is 19.7 Å². The van der Waals surface area contributed by atoms with E-state index in [4.69, 9.17) is 23.2 Å². The van der Waals surface area contributed by atoms with Gasteiger partial charge < -0.3 is 5.32 Å². The smallest absolute Gasteiger partial charge is 0.270 e. The van der Waals surface area contributed by atoms with Crippen molar-refractivity contribution in [2.24, 2.45) is 5.10 Å². The fourth-order valence-corrected chi connectivity index (χ4v) is 2.44. The van der Waals surface area contributed by atoms with Crippen LogP contribution in [0.5, 0.6) is 0 Å². The molecule has 0 radical (unpaired) electrons. The van der Waals surface area contributed by atoms with Crippen molar-refractivity contribution in [2.75, 3.05) is 5.32 Å². The summed E-state index contributed by atoms with van der Waals surface area (Å²) in [5, 5.41) is 17.7. The molecule has 0 unspecified atom stereocenters. The average molecular weight is 409 g/mol. The summed E-state index contributed by atoms with van der Waals surface area (Å²) in [5.41, 5.74) is 3.03. The van der Waals surface area contributed by atoms with E-state index in [9.17, 15) is 19.7 Å². The van der Waals surface area contributed by atoms with Crippen LogP contribution >= 0.6 is 23.2 Å². The molecule has 0 bridgehead atoms. The normalized spacial score (nSPS) is 10.6. The standard InChI is InChI=1S/C17H14Cl2N4O4/c18-12-4-5-15(14(19)9-12)21-16(24)6-7-17(25)22-20-10-11-2-1-3-13(8-11)23(26)27/h1-5,8-10H,6-7H2,(H,21,24)(H,22,25). The number of hydrogen-bond donors (Lipinski definition) is 2. The molecule has 0 aliphatic heterocycles. The van der Waals surface area contributed by atoms with Gasteiger partial charge in [-0.2, -0.15) is 5.10 Å². The first-order chi connectivity index (χ1) is 12.8. The molecule has 2 N–H and O–H groups in total. The fourth-order valence-electron chi connectivity index (χ4n) is 1.98. The number of nitro benzene ring substituents is 1. The summed E-state index contributed by atoms with van der Waals surface area (Å²) in [7, 11) is 0. The monoisotopic (exact) mass is 408 g/mol. The number of anilines is 1. The maximum absolute atomic E-state index is 11.9. The van der Waals surface area contributed by atoms with Gasteiger partial charge in [-0.05, 0) is 18.2 Å². The lowest BCUT2D eigenvalue weighted by Crippen LogP contribution is -2.20. The van der Waals surface area contributed by atoms with Gasteiger partial charge in [-0.25, -0.2) is 5.43 Å². The third-order valence-corrected chi connectivity index (χ3v) is 3.82. The fraction of sp³-hybridized carbons (Fsp3) is 0.118. The van der Waals surface area contributed by atoms with E-state index in [2.05, 4.69) is 15.8 Å². The second kappa shape index (κ2) is 9.65. The SMILES string of the molecule is O=C(CCC(=O)Nc1ccc(Cl)cc1Cl)NN=Cc1cccc([N+](=O)[O-])c1. The summed E-state index contributed by atoms with van der Waals surface area (Å²) in [6, 6.07) is 10.4. The van der Waals surface area contributed by atoms with E-state index in [-0.39, 0.29) is 18.5 Å². The van der Waals surface area contributed by atoms with Crippen molar-refractivity contribution in [3.05, 3.63) is 68.2 Å². The number of benzene rings is 2. The van der Waals surface area contributed by atoms with Crippen LogP contribution in [0.3, 0.4) is 0 Å². The number of halogens is 2. The molecule has 2 amide bonds. The molecule has 0 aliphatic carbocycles. The third kappa shape index (κ3) is 6.69. The van der Waals surface area contributed by atoms with Gasteiger partial charge in [0.2, 0.25) is 11.8 Å². The number of carbonyl (C=O) groups is 2. The van der Waals surface area contributed by atoms with Gasteiger partial charge in [0.05, 0.1) is 21.8 Å². The Hall–Kier alpha value is -2.97. The predicted molar refractivity (Wildman–Crippen MR) is 103 cm³/mol. The number of nitrogens with one attached hydrogen (secondary N) is 2. The highest BCUT2D eigenvalue weighted by Crippen LogP contribution is 2.25. The molecule has 2 aromatic rings. The van der Waals surface area contributed by atoms with Crippen molar-refractivity contribution in [3.63, 3.8) is 0 Å². The van der Waals surface area contributed by atoms with Gasteiger partial charge in [0.25, 0.3) is 5.69 Å². The largest absolute Gasteiger partial charge is 0.325 e. The van der Waals surface area contributed by atoms with Gasteiger partial charge in [0.1, 0.15) is 0 Å². The van der Waals surface area contributed by atoms with E-state index in [0.717, 1.165) is 0 Å². The van der Waals surface area contributed by atoms with Gasteiger partial charge in [-0.15, -0.1) is 0 Å². The Labute approximate surface area is 164 Å². The van der Waals surface area contributed by atoms with Gasteiger partial charge in [-0.1, -0.05) is 35.3 Å². The van der Waals surface area contributed by atoms with Gasteiger partial charge in [0.15, 0.2) is 0 Å². The number of non-ortho nitro benzene ring substituents is 1. The topological polar surface area (TPSA) is 114 Å². The van der Waals surface area contributed by atoms with E-state index in [1.54, 1.807) is 18.2 Å². The van der Waals surface area contributed by atoms with Crippen LogP contribution in [0.4, 0.5) is 11.4 Å². The molecule has 0 fully saturated rings. The van der Waals surface area contributed by atoms with Crippen molar-refractivity contribution in [3.8, 4) is 0 Å². The van der Waals surface area contributed by atoms with E-state index >= 15 is 0 Å². The Bertz CT molecular complexity index is 902. The minimum absolute atomic E-state index is 0.0723. The molecule has 0 atom stereocenters. The number of rotatable bonds is 7. The number of hydrogen-bond acceptors (Lipinski definition) is 5. The lowest BCUT2D eigenvalue weighted by Gasteiger charge is -2.07. The van der Waals surface area contributed by atoms with Crippen LogP contribution in [0.25, 0.3) is 0 Å². The molecule has 0 heterocycles. The highest BCUT2D eigenvalue weighted by molar-refractivity contribution is 6.36. The summed E-state index contributed by atoms with van der Waals surface area (Å²) in [5.74, 6) is -0.869. The summed E-state index contributed by atoms with van der Waals surface area (Å²) >= 11 is 11.7. The second-order valence-corrected chi connectivity index (χ2v) is 6.16. The molecule has 2 aromatic carbocycles. The Morgan fingerprint density at radius 2 is 1.85 bits per heavy atom. The first-order valence-corrected chi connectivity index (χ1v) is 8.42. The molecule has 0 aromatic heterocycles. The highest BCUT2D eigenvalue weighted by atomic mass is 35.5. The molecule has 0 saturated carbocycles. The molecule has 8 nitrogen and oxygen atoms in total. The van der Waals surface area contributed by atoms with Crippen LogP contribution in [0.1, 0.15) is 18.4 Å². The molecule has 2 rings (SSSR count). The molecule has 0 saturated heterocycles. The number of amides is 2. The summed E-state index contributed by atoms with van der Waals surface area (Å²) < 4.78 is 0. The maximum atomic E-state index is 11.9. The quantitative estimate of drug-likeness (QED) is 0.412. The first kappa shape index (κ1) is 20.3. The molecule has 0 spiro atoms. The van der Waals surface area contributed by atoms with Gasteiger partial charge in [0, 0.05) is 35.6 Å². The van der Waals surface area contributed by atoms with Crippen LogP contribution in [0.15, 0.2) is 47.6 Å². The molecule has 0 aliphatic rings. The Morgan fingerprint density at radius 1 is 1.11 bits per heavy atom. The minimum Gasteiger partial charge on any atom is -0.325 e. The lowest BCUT2D eigenvalue weighted by molar-refractivity contribution is -0.384. The van der Waals surface area contributed by atoms with Crippen LogP contribution < -0.4 is 10.7 Å². The molecular formula is C17H14Cl2N4O4. The molecule has 27 heavy (non-hydrogen) atoms. The number of carbonyl (C=O) groups excluding carboxylic acids is 2. The number of nitro groups is 1. The molecular weight excluding hydrogens is 395 g/mol.